The maximum atomic E-state index is 12.8. The predicted molar refractivity (Wildman–Crippen MR) is 118 cm³/mol. The Labute approximate surface area is 177 Å². The molecule has 0 bridgehead atoms. The molecule has 4 rings (SSSR count). The van der Waals surface area contributed by atoms with Gasteiger partial charge < -0.3 is 19.9 Å². The number of carbonyl (C=O) groups excluding carboxylic acids is 2. The molecule has 1 fully saturated rings. The number of hydrogen-bond acceptors (Lipinski definition) is 4. The Balaban J connectivity index is 1.32. The lowest BCUT2D eigenvalue weighted by molar-refractivity contribution is -0.116. The molecule has 0 aromatic heterocycles. The monoisotopic (exact) mass is 407 g/mol. The fraction of sp³-hybridized carbons (Fsp3) is 0.417. The molecule has 0 spiro atoms. The summed E-state index contributed by atoms with van der Waals surface area (Å²) >= 11 is 0. The van der Waals surface area contributed by atoms with Crippen LogP contribution in [0.15, 0.2) is 42.5 Å². The SMILES string of the molecule is CN(CC(=O)Nc1ccc(N2CCOCC2)cc1)C(=O)c1ccc2c(c1)CCCC2. The second kappa shape index (κ2) is 9.30. The lowest BCUT2D eigenvalue weighted by atomic mass is 9.90. The Morgan fingerprint density at radius 3 is 2.43 bits per heavy atom. The Morgan fingerprint density at radius 2 is 1.70 bits per heavy atom. The Bertz CT molecular complexity index is 904. The Kier molecular flexibility index (Phi) is 6.33. The van der Waals surface area contributed by atoms with Crippen LogP contribution in [-0.2, 0) is 22.4 Å². The van der Waals surface area contributed by atoms with Gasteiger partial charge in [-0.1, -0.05) is 6.07 Å². The third kappa shape index (κ3) is 4.82. The number of carbonyl (C=O) groups is 2. The summed E-state index contributed by atoms with van der Waals surface area (Å²) in [6.07, 6.45) is 4.51. The number of benzene rings is 2. The van der Waals surface area contributed by atoms with E-state index >= 15 is 0 Å². The van der Waals surface area contributed by atoms with E-state index in [1.807, 2.05) is 36.4 Å². The molecule has 6 nitrogen and oxygen atoms in total. The van der Waals surface area contributed by atoms with Gasteiger partial charge in [0.25, 0.3) is 5.91 Å². The van der Waals surface area contributed by atoms with Crippen LogP contribution in [0.4, 0.5) is 11.4 Å². The van der Waals surface area contributed by atoms with Gasteiger partial charge in [-0.2, -0.15) is 0 Å². The van der Waals surface area contributed by atoms with Crippen molar-refractivity contribution >= 4 is 23.2 Å². The summed E-state index contributed by atoms with van der Waals surface area (Å²) in [5, 5.41) is 2.88. The number of anilines is 2. The number of likely N-dealkylation sites (N-methyl/N-ethyl adjacent to an activating group) is 1. The molecule has 158 valence electrons. The van der Waals surface area contributed by atoms with Crippen LogP contribution < -0.4 is 10.2 Å². The minimum absolute atomic E-state index is 0.0150. The highest BCUT2D eigenvalue weighted by Crippen LogP contribution is 2.23. The number of aryl methyl sites for hydroxylation is 2. The standard InChI is InChI=1S/C24H29N3O3/c1-26(24(29)20-7-6-18-4-2-3-5-19(18)16-20)17-23(28)25-21-8-10-22(11-9-21)27-12-14-30-15-13-27/h6-11,16H,2-5,12-15,17H2,1H3,(H,25,28). The molecule has 0 atom stereocenters. The van der Waals surface area contributed by atoms with Gasteiger partial charge >= 0.3 is 0 Å². The molecule has 2 aromatic rings. The first-order valence-corrected chi connectivity index (χ1v) is 10.7. The normalized spacial score (nSPS) is 16.0. The van der Waals surface area contributed by atoms with Crippen LogP contribution in [0.1, 0.15) is 34.3 Å². The molecule has 2 aromatic carbocycles. The number of rotatable bonds is 5. The van der Waals surface area contributed by atoms with Crippen molar-refractivity contribution in [2.75, 3.05) is 50.1 Å². The third-order valence-corrected chi connectivity index (χ3v) is 5.85. The van der Waals surface area contributed by atoms with Crippen LogP contribution in [0, 0.1) is 0 Å². The van der Waals surface area contributed by atoms with E-state index in [0.717, 1.165) is 50.5 Å². The maximum Gasteiger partial charge on any atom is 0.254 e. The minimum atomic E-state index is -0.206. The van der Waals surface area contributed by atoms with Crippen molar-refractivity contribution in [1.82, 2.24) is 4.90 Å². The van der Waals surface area contributed by atoms with E-state index in [0.29, 0.717) is 5.56 Å². The van der Waals surface area contributed by atoms with Crippen molar-refractivity contribution in [3.8, 4) is 0 Å². The number of fused-ring (bicyclic) bond motifs is 1. The summed E-state index contributed by atoms with van der Waals surface area (Å²) in [5.74, 6) is -0.330. The van der Waals surface area contributed by atoms with E-state index in [9.17, 15) is 9.59 Å². The lowest BCUT2D eigenvalue weighted by Crippen LogP contribution is -2.36. The quantitative estimate of drug-likeness (QED) is 0.827. The van der Waals surface area contributed by atoms with E-state index in [-0.39, 0.29) is 18.4 Å². The molecule has 0 unspecified atom stereocenters. The number of amides is 2. The highest BCUT2D eigenvalue weighted by Gasteiger charge is 2.18. The first-order chi connectivity index (χ1) is 14.6. The molecule has 1 aliphatic heterocycles. The Morgan fingerprint density at radius 1 is 1.00 bits per heavy atom. The van der Waals surface area contributed by atoms with Crippen molar-refractivity contribution < 1.29 is 14.3 Å². The van der Waals surface area contributed by atoms with Gasteiger partial charge in [0.15, 0.2) is 0 Å². The lowest BCUT2D eigenvalue weighted by Gasteiger charge is -2.28. The summed E-state index contributed by atoms with van der Waals surface area (Å²) < 4.78 is 5.38. The third-order valence-electron chi connectivity index (χ3n) is 5.85. The Hall–Kier alpha value is -2.86. The van der Waals surface area contributed by atoms with Gasteiger partial charge in [0.1, 0.15) is 0 Å². The molecule has 0 saturated carbocycles. The van der Waals surface area contributed by atoms with Gasteiger partial charge in [-0.15, -0.1) is 0 Å². The van der Waals surface area contributed by atoms with E-state index in [4.69, 9.17) is 4.74 Å². The molecule has 1 heterocycles. The number of hydrogen-bond donors (Lipinski definition) is 1. The zero-order chi connectivity index (χ0) is 20.9. The summed E-state index contributed by atoms with van der Waals surface area (Å²) in [4.78, 5) is 29.0. The number of morpholine rings is 1. The van der Waals surface area contributed by atoms with Gasteiger partial charge in [-0.3, -0.25) is 9.59 Å². The average molecular weight is 408 g/mol. The van der Waals surface area contributed by atoms with Gasteiger partial charge in [0.2, 0.25) is 5.91 Å². The van der Waals surface area contributed by atoms with Crippen LogP contribution in [0.25, 0.3) is 0 Å². The van der Waals surface area contributed by atoms with E-state index in [1.165, 1.54) is 28.9 Å². The first-order valence-electron chi connectivity index (χ1n) is 10.7. The summed E-state index contributed by atoms with van der Waals surface area (Å²) in [7, 11) is 1.67. The molecular formula is C24H29N3O3. The summed E-state index contributed by atoms with van der Waals surface area (Å²) in [6.45, 7) is 3.25. The molecule has 1 N–H and O–H groups in total. The molecule has 1 saturated heterocycles. The van der Waals surface area contributed by atoms with Crippen molar-refractivity contribution in [1.29, 1.82) is 0 Å². The second-order valence-electron chi connectivity index (χ2n) is 8.05. The van der Waals surface area contributed by atoms with Crippen molar-refractivity contribution in [3.05, 3.63) is 59.2 Å². The largest absolute Gasteiger partial charge is 0.378 e. The highest BCUT2D eigenvalue weighted by atomic mass is 16.5. The second-order valence-corrected chi connectivity index (χ2v) is 8.05. The molecule has 6 heteroatoms. The molecule has 0 radical (unpaired) electrons. The summed E-state index contributed by atoms with van der Waals surface area (Å²) in [6, 6.07) is 13.7. The highest BCUT2D eigenvalue weighted by molar-refractivity contribution is 5.99. The fourth-order valence-corrected chi connectivity index (χ4v) is 4.15. The number of ether oxygens (including phenoxy) is 1. The van der Waals surface area contributed by atoms with E-state index in [1.54, 1.807) is 7.05 Å². The topological polar surface area (TPSA) is 61.9 Å². The van der Waals surface area contributed by atoms with Crippen LogP contribution >= 0.6 is 0 Å². The molecule has 1 aliphatic carbocycles. The van der Waals surface area contributed by atoms with Gasteiger partial charge in [0, 0.05) is 37.1 Å². The average Bonchev–Trinajstić information content (AvgIpc) is 2.79. The fourth-order valence-electron chi connectivity index (χ4n) is 4.15. The van der Waals surface area contributed by atoms with E-state index < -0.39 is 0 Å². The number of nitrogens with zero attached hydrogens (tertiary/aromatic N) is 2. The zero-order valence-electron chi connectivity index (χ0n) is 17.5. The maximum absolute atomic E-state index is 12.8. The zero-order valence-corrected chi connectivity index (χ0v) is 17.5. The van der Waals surface area contributed by atoms with Gasteiger partial charge in [-0.25, -0.2) is 0 Å². The van der Waals surface area contributed by atoms with Crippen LogP contribution in [0.2, 0.25) is 0 Å². The van der Waals surface area contributed by atoms with Crippen LogP contribution in [-0.4, -0.2) is 56.6 Å². The van der Waals surface area contributed by atoms with Crippen molar-refractivity contribution in [3.63, 3.8) is 0 Å². The van der Waals surface area contributed by atoms with Crippen molar-refractivity contribution in [2.45, 2.75) is 25.7 Å². The van der Waals surface area contributed by atoms with Crippen LogP contribution in [0.5, 0.6) is 0 Å². The first kappa shape index (κ1) is 20.4. The van der Waals surface area contributed by atoms with Gasteiger partial charge in [0.05, 0.1) is 19.8 Å². The minimum Gasteiger partial charge on any atom is -0.378 e. The molecule has 2 amide bonds. The van der Waals surface area contributed by atoms with Crippen LogP contribution in [0.3, 0.4) is 0 Å². The number of nitrogens with one attached hydrogen (secondary N) is 1. The molecule has 30 heavy (non-hydrogen) atoms. The van der Waals surface area contributed by atoms with Gasteiger partial charge in [-0.05, 0) is 73.2 Å². The molecular weight excluding hydrogens is 378 g/mol. The summed E-state index contributed by atoms with van der Waals surface area (Å²) in [5.41, 5.74) is 5.12. The predicted octanol–water partition coefficient (Wildman–Crippen LogP) is 3.11. The molecule has 2 aliphatic rings. The van der Waals surface area contributed by atoms with E-state index in [2.05, 4.69) is 16.3 Å². The smallest absolute Gasteiger partial charge is 0.254 e. The van der Waals surface area contributed by atoms with Crippen molar-refractivity contribution in [2.24, 2.45) is 0 Å².